The number of hydrogen-bond acceptors (Lipinski definition) is 8. The second kappa shape index (κ2) is 11.8. The highest BCUT2D eigenvalue weighted by molar-refractivity contribution is 7.87. The summed E-state index contributed by atoms with van der Waals surface area (Å²) in [6.07, 6.45) is 1.54. The average molecular weight is 544 g/mol. The van der Waals surface area contributed by atoms with Crippen molar-refractivity contribution in [3.05, 3.63) is 81.0 Å². The lowest BCUT2D eigenvalue weighted by Gasteiger charge is -2.23. The highest BCUT2D eigenvalue weighted by Gasteiger charge is 2.36. The Bertz CT molecular complexity index is 1200. The molecular formula is C22H23Cl2N3O5S2. The number of nitro groups is 1. The van der Waals surface area contributed by atoms with E-state index in [1.165, 1.54) is 23.6 Å². The Morgan fingerprint density at radius 3 is 2.35 bits per heavy atom. The summed E-state index contributed by atoms with van der Waals surface area (Å²) in [5.74, 6) is 0.933. The minimum Gasteiger partial charge on any atom is -0.382 e. The van der Waals surface area contributed by atoms with Crippen LogP contribution in [0.3, 0.4) is 0 Å². The number of pyridine rings is 1. The van der Waals surface area contributed by atoms with Crippen molar-refractivity contribution >= 4 is 55.3 Å². The van der Waals surface area contributed by atoms with Crippen LogP contribution >= 0.6 is 34.5 Å². The number of benzene rings is 1. The molecule has 2 aromatic heterocycles. The summed E-state index contributed by atoms with van der Waals surface area (Å²) in [6.45, 7) is 2.98. The fraction of sp³-hybridized carbons (Fsp3) is 0.318. The van der Waals surface area contributed by atoms with E-state index in [9.17, 15) is 18.5 Å². The Kier molecular flexibility index (Phi) is 9.12. The van der Waals surface area contributed by atoms with Gasteiger partial charge in [0.25, 0.3) is 0 Å². The summed E-state index contributed by atoms with van der Waals surface area (Å²) in [7, 11) is -4.30. The van der Waals surface area contributed by atoms with E-state index >= 15 is 0 Å². The van der Waals surface area contributed by atoms with Crippen LogP contribution in [0.15, 0.2) is 54.0 Å². The number of hydrogen-bond donors (Lipinski definition) is 0. The van der Waals surface area contributed by atoms with Crippen molar-refractivity contribution in [2.75, 3.05) is 29.7 Å². The van der Waals surface area contributed by atoms with Crippen molar-refractivity contribution in [1.82, 2.24) is 4.98 Å². The predicted molar refractivity (Wildman–Crippen MR) is 136 cm³/mol. The van der Waals surface area contributed by atoms with E-state index in [0.29, 0.717) is 30.4 Å². The Balaban J connectivity index is 1.91. The molecule has 0 aliphatic carbocycles. The summed E-state index contributed by atoms with van der Waals surface area (Å²) in [5.41, 5.74) is 2.30. The first-order valence-electron chi connectivity index (χ1n) is 10.3. The molecule has 1 aromatic carbocycles. The number of aromatic nitrogens is 1. The molecule has 3 aromatic rings. The number of alkyl halides is 2. The van der Waals surface area contributed by atoms with Crippen molar-refractivity contribution in [2.24, 2.45) is 0 Å². The first-order chi connectivity index (χ1) is 16.2. The molecule has 0 fully saturated rings. The van der Waals surface area contributed by atoms with Crippen LogP contribution < -0.4 is 9.08 Å². The molecule has 3 rings (SSSR count). The fourth-order valence-corrected chi connectivity index (χ4v) is 6.04. The van der Waals surface area contributed by atoms with E-state index in [0.717, 1.165) is 22.7 Å². The normalized spacial score (nSPS) is 12.3. The Labute approximate surface area is 212 Å². The van der Waals surface area contributed by atoms with Crippen LogP contribution in [-0.4, -0.2) is 43.2 Å². The smallest absolute Gasteiger partial charge is 0.328 e. The summed E-state index contributed by atoms with van der Waals surface area (Å²) in [5, 5.41) is 11.5. The van der Waals surface area contributed by atoms with Gasteiger partial charge in [0.2, 0.25) is 0 Å². The fourth-order valence-electron chi connectivity index (χ4n) is 3.38. The zero-order chi connectivity index (χ0) is 24.7. The van der Waals surface area contributed by atoms with E-state index in [1.807, 2.05) is 11.8 Å². The Hall–Kier alpha value is -2.40. The quantitative estimate of drug-likeness (QED) is 0.131. The Morgan fingerprint density at radius 1 is 1.12 bits per heavy atom. The molecule has 0 radical (unpaired) electrons. The van der Waals surface area contributed by atoms with Crippen LogP contribution in [0, 0.1) is 17.0 Å². The third kappa shape index (κ3) is 6.59. The van der Waals surface area contributed by atoms with Crippen molar-refractivity contribution in [3.8, 4) is 5.75 Å². The predicted octanol–water partition coefficient (Wildman–Crippen LogP) is 5.34. The maximum absolute atomic E-state index is 13.4. The summed E-state index contributed by atoms with van der Waals surface area (Å²) in [6, 6.07) is 11.5. The van der Waals surface area contributed by atoms with Crippen molar-refractivity contribution in [1.29, 1.82) is 0 Å². The maximum Gasteiger partial charge on any atom is 0.328 e. The molecule has 182 valence electrons. The van der Waals surface area contributed by atoms with Gasteiger partial charge in [-0.1, -0.05) is 17.4 Å². The van der Waals surface area contributed by atoms with Gasteiger partial charge in [-0.05, 0) is 60.7 Å². The van der Waals surface area contributed by atoms with Crippen LogP contribution in [0.25, 0.3) is 0 Å². The number of anilines is 1. The van der Waals surface area contributed by atoms with E-state index in [4.69, 9.17) is 27.4 Å². The van der Waals surface area contributed by atoms with Gasteiger partial charge in [0.1, 0.15) is 11.0 Å². The van der Waals surface area contributed by atoms with E-state index in [2.05, 4.69) is 4.98 Å². The highest BCUT2D eigenvalue weighted by Crippen LogP contribution is 2.38. The molecule has 0 amide bonds. The molecule has 1 atom stereocenters. The number of aryl methyl sites for hydroxylation is 1. The van der Waals surface area contributed by atoms with Crippen molar-refractivity contribution in [2.45, 2.75) is 18.6 Å². The maximum atomic E-state index is 13.4. The first kappa shape index (κ1) is 26.2. The van der Waals surface area contributed by atoms with Gasteiger partial charge in [-0.2, -0.15) is 8.42 Å². The van der Waals surface area contributed by atoms with Crippen molar-refractivity contribution < 1.29 is 17.5 Å². The van der Waals surface area contributed by atoms with Gasteiger partial charge < -0.3 is 9.08 Å². The number of thiophene rings is 1. The van der Waals surface area contributed by atoms with E-state index < -0.39 is 20.3 Å². The first-order valence-corrected chi connectivity index (χ1v) is 13.7. The van der Waals surface area contributed by atoms with Gasteiger partial charge in [-0.15, -0.1) is 23.2 Å². The van der Waals surface area contributed by atoms with E-state index in [1.54, 1.807) is 30.5 Å². The van der Waals surface area contributed by atoms with Crippen LogP contribution in [-0.2, 0) is 16.5 Å². The minimum absolute atomic E-state index is 0.0233. The molecule has 0 bridgehead atoms. The summed E-state index contributed by atoms with van der Waals surface area (Å²) >= 11 is 12.6. The molecule has 8 nitrogen and oxygen atoms in total. The summed E-state index contributed by atoms with van der Waals surface area (Å²) < 4.78 is 32.2. The van der Waals surface area contributed by atoms with Gasteiger partial charge in [0.15, 0.2) is 0 Å². The van der Waals surface area contributed by atoms with Crippen LogP contribution in [0.5, 0.6) is 5.75 Å². The van der Waals surface area contributed by atoms with Gasteiger partial charge in [0.05, 0.1) is 10.5 Å². The molecule has 0 saturated heterocycles. The topological polar surface area (TPSA) is 103 Å². The molecule has 0 aliphatic rings. The van der Waals surface area contributed by atoms with Gasteiger partial charge in [0, 0.05) is 42.4 Å². The zero-order valence-electron chi connectivity index (χ0n) is 18.3. The number of halogens is 2. The largest absolute Gasteiger partial charge is 0.382 e. The minimum atomic E-state index is -4.30. The standard InChI is InChI=1S/C22H23Cl2N3O5S2/c1-16-2-3-17(15-25-16)14-21(20-8-13-33-22(20)27(28)29)34(30,31)32-19-6-4-18(5-7-19)26(11-9-23)12-10-24/h2-8,13,15,21H,9-12,14H2,1H3. The second-order valence-corrected chi connectivity index (χ2v) is 10.7. The summed E-state index contributed by atoms with van der Waals surface area (Å²) in [4.78, 5) is 17.1. The van der Waals surface area contributed by atoms with E-state index in [-0.39, 0.29) is 22.7 Å². The number of nitrogens with zero attached hydrogens (tertiary/aromatic N) is 3. The van der Waals surface area contributed by atoms with Crippen LogP contribution in [0.1, 0.15) is 22.1 Å². The molecule has 1 unspecified atom stereocenters. The third-order valence-electron chi connectivity index (χ3n) is 5.05. The molecule has 34 heavy (non-hydrogen) atoms. The molecule has 0 spiro atoms. The van der Waals surface area contributed by atoms with Gasteiger partial charge in [-0.3, -0.25) is 15.1 Å². The SMILES string of the molecule is Cc1ccc(CC(c2ccsc2[N+](=O)[O-])S(=O)(=O)Oc2ccc(N(CCCl)CCCl)cc2)cn1. The lowest BCUT2D eigenvalue weighted by molar-refractivity contribution is -0.380. The highest BCUT2D eigenvalue weighted by atomic mass is 35.5. The molecule has 0 N–H and O–H groups in total. The molecular weight excluding hydrogens is 521 g/mol. The van der Waals surface area contributed by atoms with Gasteiger partial charge >= 0.3 is 15.1 Å². The van der Waals surface area contributed by atoms with Gasteiger partial charge in [-0.25, -0.2) is 0 Å². The average Bonchev–Trinajstić information content (AvgIpc) is 3.28. The zero-order valence-corrected chi connectivity index (χ0v) is 21.4. The molecule has 12 heteroatoms. The lowest BCUT2D eigenvalue weighted by Crippen LogP contribution is -2.27. The van der Waals surface area contributed by atoms with Crippen LogP contribution in [0.2, 0.25) is 0 Å². The number of rotatable bonds is 12. The third-order valence-corrected chi connectivity index (χ3v) is 7.81. The molecule has 0 aliphatic heterocycles. The lowest BCUT2D eigenvalue weighted by atomic mass is 10.1. The van der Waals surface area contributed by atoms with Crippen molar-refractivity contribution in [3.63, 3.8) is 0 Å². The Morgan fingerprint density at radius 2 is 1.79 bits per heavy atom. The molecule has 2 heterocycles. The second-order valence-electron chi connectivity index (χ2n) is 7.37. The molecule has 0 saturated carbocycles. The monoisotopic (exact) mass is 543 g/mol. The van der Waals surface area contributed by atoms with Crippen LogP contribution in [0.4, 0.5) is 10.7 Å².